The van der Waals surface area contributed by atoms with Crippen LogP contribution in [0.4, 0.5) is 20.6 Å². The van der Waals surface area contributed by atoms with Gasteiger partial charge in [-0.1, -0.05) is 26.7 Å². The van der Waals surface area contributed by atoms with E-state index in [0.29, 0.717) is 50.5 Å². The minimum absolute atomic E-state index is 0.0724. The van der Waals surface area contributed by atoms with Crippen molar-refractivity contribution in [1.82, 2.24) is 5.06 Å². The first-order valence-corrected chi connectivity index (χ1v) is 12.0. The number of cyclic esters (lactones) is 1. The van der Waals surface area contributed by atoms with Crippen LogP contribution in [0, 0.1) is 5.82 Å². The number of unbranched alkanes of at least 4 members (excludes halogenated alkanes) is 2. The Morgan fingerprint density at radius 2 is 1.85 bits per heavy atom. The number of rotatable bonds is 10. The lowest BCUT2D eigenvalue weighted by molar-refractivity contribution is -0.201. The highest BCUT2D eigenvalue weighted by Crippen LogP contribution is 2.28. The molecule has 1 aromatic rings. The molecule has 188 valence electrons. The number of morpholine rings is 1. The predicted molar refractivity (Wildman–Crippen MR) is 124 cm³/mol. The highest BCUT2D eigenvalue weighted by molar-refractivity contribution is 5.90. The van der Waals surface area contributed by atoms with E-state index in [4.69, 9.17) is 14.3 Å². The summed E-state index contributed by atoms with van der Waals surface area (Å²) in [5.41, 5.74) is 0.827. The smallest absolute Gasteiger partial charge is 0.414 e. The first-order valence-electron chi connectivity index (χ1n) is 12.0. The van der Waals surface area contributed by atoms with E-state index in [1.54, 1.807) is 12.1 Å². The van der Waals surface area contributed by atoms with E-state index in [9.17, 15) is 18.8 Å². The molecule has 2 saturated heterocycles. The maximum atomic E-state index is 14.8. The second-order valence-electron chi connectivity index (χ2n) is 8.48. The highest BCUT2D eigenvalue weighted by atomic mass is 19.1. The molecule has 0 N–H and O–H groups in total. The molecule has 34 heavy (non-hydrogen) atoms. The number of hydrogen-bond acceptors (Lipinski definition) is 7. The minimum Gasteiger partial charge on any atom is -0.442 e. The summed E-state index contributed by atoms with van der Waals surface area (Å²) in [6.07, 6.45) is 2.06. The van der Waals surface area contributed by atoms with Gasteiger partial charge in [0, 0.05) is 25.9 Å². The monoisotopic (exact) mass is 479 g/mol. The van der Waals surface area contributed by atoms with E-state index in [-0.39, 0.29) is 31.8 Å². The van der Waals surface area contributed by atoms with Gasteiger partial charge in [-0.15, -0.1) is 0 Å². The fourth-order valence-corrected chi connectivity index (χ4v) is 3.87. The van der Waals surface area contributed by atoms with Crippen LogP contribution in [0.25, 0.3) is 0 Å². The van der Waals surface area contributed by atoms with E-state index in [0.717, 1.165) is 17.9 Å². The zero-order valence-electron chi connectivity index (χ0n) is 20.0. The molecule has 1 aromatic carbocycles. The van der Waals surface area contributed by atoms with Gasteiger partial charge in [0.15, 0.2) is 0 Å². The summed E-state index contributed by atoms with van der Waals surface area (Å²) in [6, 6.07) is 4.63. The zero-order chi connectivity index (χ0) is 24.5. The van der Waals surface area contributed by atoms with E-state index in [2.05, 4.69) is 0 Å². The predicted octanol–water partition coefficient (Wildman–Crippen LogP) is 3.65. The quantitative estimate of drug-likeness (QED) is 0.473. The molecule has 9 nitrogen and oxygen atoms in total. The number of hydroxylamine groups is 2. The van der Waals surface area contributed by atoms with Gasteiger partial charge in [-0.25, -0.2) is 14.0 Å². The van der Waals surface area contributed by atoms with Gasteiger partial charge in [0.05, 0.1) is 37.7 Å². The molecule has 0 saturated carbocycles. The molecule has 10 heteroatoms. The van der Waals surface area contributed by atoms with Crippen molar-refractivity contribution in [1.29, 1.82) is 0 Å². The van der Waals surface area contributed by atoms with Crippen LogP contribution in [-0.4, -0.2) is 68.5 Å². The Hall–Kier alpha value is -2.88. The number of halogens is 1. The normalized spacial score (nSPS) is 18.1. The lowest BCUT2D eigenvalue weighted by Crippen LogP contribution is -2.40. The summed E-state index contributed by atoms with van der Waals surface area (Å²) in [7, 11) is 0. The molecular weight excluding hydrogens is 445 g/mol. The van der Waals surface area contributed by atoms with Crippen molar-refractivity contribution in [2.45, 2.75) is 58.5 Å². The largest absolute Gasteiger partial charge is 0.442 e. The summed E-state index contributed by atoms with van der Waals surface area (Å²) in [6.45, 7) is 6.24. The molecule has 2 heterocycles. The molecule has 2 aliphatic rings. The average molecular weight is 480 g/mol. The number of benzene rings is 1. The van der Waals surface area contributed by atoms with Gasteiger partial charge in [-0.05, 0) is 31.0 Å². The Morgan fingerprint density at radius 3 is 2.53 bits per heavy atom. The van der Waals surface area contributed by atoms with Crippen LogP contribution in [0.3, 0.4) is 0 Å². The number of carbonyl (C=O) groups is 3. The highest BCUT2D eigenvalue weighted by Gasteiger charge is 2.36. The molecule has 2 amide bonds. The Bertz CT molecular complexity index is 861. The van der Waals surface area contributed by atoms with Gasteiger partial charge in [0.1, 0.15) is 11.9 Å². The molecule has 2 fully saturated rings. The third-order valence-corrected chi connectivity index (χ3v) is 5.81. The lowest BCUT2D eigenvalue weighted by Gasteiger charge is -2.29. The molecule has 0 aliphatic carbocycles. The van der Waals surface area contributed by atoms with Crippen LogP contribution in [0.2, 0.25) is 0 Å². The molecule has 0 aromatic heterocycles. The van der Waals surface area contributed by atoms with Gasteiger partial charge in [-0.3, -0.25) is 9.69 Å². The third kappa shape index (κ3) is 6.82. The number of anilines is 2. The fourth-order valence-electron chi connectivity index (χ4n) is 3.87. The second kappa shape index (κ2) is 12.5. The van der Waals surface area contributed by atoms with Crippen molar-refractivity contribution >= 4 is 29.3 Å². The van der Waals surface area contributed by atoms with E-state index in [1.165, 1.54) is 11.0 Å². The van der Waals surface area contributed by atoms with Crippen molar-refractivity contribution in [3.05, 3.63) is 24.0 Å². The minimum atomic E-state index is -0.709. The van der Waals surface area contributed by atoms with Gasteiger partial charge in [0.2, 0.25) is 0 Å². The maximum absolute atomic E-state index is 14.8. The topological polar surface area (TPSA) is 88.6 Å². The summed E-state index contributed by atoms with van der Waals surface area (Å²) in [4.78, 5) is 45.8. The van der Waals surface area contributed by atoms with Gasteiger partial charge >= 0.3 is 12.1 Å². The summed E-state index contributed by atoms with van der Waals surface area (Å²) < 4.78 is 25.5. The molecule has 0 radical (unpaired) electrons. The number of amides is 2. The van der Waals surface area contributed by atoms with Gasteiger partial charge in [-0.2, -0.15) is 5.06 Å². The molecule has 0 bridgehead atoms. The van der Waals surface area contributed by atoms with Crippen LogP contribution in [-0.2, 0) is 23.9 Å². The van der Waals surface area contributed by atoms with Crippen LogP contribution in [0.1, 0.15) is 52.4 Å². The number of nitrogens with zero attached hydrogens (tertiary/aromatic N) is 3. The van der Waals surface area contributed by atoms with Crippen LogP contribution < -0.4 is 9.80 Å². The standard InChI is InChI=1S/C24H34FN3O6/c1-3-5-7-22(29)28(34-23(30)8-6-4-2)17-19-16-27(24(31)33-19)18-9-10-21(20(25)15-18)26-11-13-32-14-12-26/h9-10,15,19H,3-8,11-14,16-17H2,1-2H3/t19-/m1/s1. The molecule has 2 aliphatic heterocycles. The summed E-state index contributed by atoms with van der Waals surface area (Å²) in [5.74, 6) is -1.26. The molecule has 1 atom stereocenters. The molecule has 0 spiro atoms. The van der Waals surface area contributed by atoms with Crippen molar-refractivity contribution in [3.63, 3.8) is 0 Å². The van der Waals surface area contributed by atoms with E-state index >= 15 is 0 Å². The zero-order valence-corrected chi connectivity index (χ0v) is 20.0. The first-order chi connectivity index (χ1) is 16.4. The van der Waals surface area contributed by atoms with E-state index in [1.807, 2.05) is 18.7 Å². The third-order valence-electron chi connectivity index (χ3n) is 5.81. The Labute approximate surface area is 199 Å². The Kier molecular flexibility index (Phi) is 9.50. The fraction of sp³-hybridized carbons (Fsp3) is 0.625. The summed E-state index contributed by atoms with van der Waals surface area (Å²) >= 11 is 0. The first kappa shape index (κ1) is 25.7. The lowest BCUT2D eigenvalue weighted by atomic mass is 10.2. The molecular formula is C24H34FN3O6. The molecule has 3 rings (SSSR count). The molecule has 0 unspecified atom stereocenters. The average Bonchev–Trinajstić information content (AvgIpc) is 3.21. The maximum Gasteiger partial charge on any atom is 0.414 e. The summed E-state index contributed by atoms with van der Waals surface area (Å²) in [5, 5.41) is 1.01. The van der Waals surface area contributed by atoms with Crippen LogP contribution in [0.15, 0.2) is 18.2 Å². The van der Waals surface area contributed by atoms with Crippen molar-refractivity contribution in [2.24, 2.45) is 0 Å². The number of ether oxygens (including phenoxy) is 2. The van der Waals surface area contributed by atoms with Crippen molar-refractivity contribution in [2.75, 3.05) is 49.2 Å². The van der Waals surface area contributed by atoms with Crippen molar-refractivity contribution in [3.8, 4) is 0 Å². The van der Waals surface area contributed by atoms with Crippen LogP contribution in [0.5, 0.6) is 0 Å². The number of hydrogen-bond donors (Lipinski definition) is 0. The van der Waals surface area contributed by atoms with Crippen molar-refractivity contribution < 1.29 is 33.1 Å². The van der Waals surface area contributed by atoms with E-state index < -0.39 is 24.0 Å². The SMILES string of the molecule is CCCCC(=O)ON(C[C@H]1CN(c2ccc(N3CCOCC3)c(F)c2)C(=O)O1)C(=O)CCCC. The van der Waals surface area contributed by atoms with Gasteiger partial charge in [0.25, 0.3) is 5.91 Å². The Morgan fingerprint density at radius 1 is 1.15 bits per heavy atom. The second-order valence-corrected chi connectivity index (χ2v) is 8.48. The number of carbonyl (C=O) groups excluding carboxylic acids is 3. The Balaban J connectivity index is 1.65. The van der Waals surface area contributed by atoms with Gasteiger partial charge < -0.3 is 19.2 Å². The van der Waals surface area contributed by atoms with Crippen LogP contribution >= 0.6 is 0 Å².